The van der Waals surface area contributed by atoms with E-state index in [2.05, 4.69) is 28.6 Å². The van der Waals surface area contributed by atoms with Crippen molar-refractivity contribution in [2.75, 3.05) is 13.2 Å². The lowest BCUT2D eigenvalue weighted by Crippen LogP contribution is -2.31. The number of hydrogen-bond acceptors (Lipinski definition) is 4. The molecule has 154 valence electrons. The zero-order chi connectivity index (χ0) is 20.5. The molecule has 6 heteroatoms. The lowest BCUT2D eigenvalue weighted by molar-refractivity contribution is 0.0933. The van der Waals surface area contributed by atoms with Gasteiger partial charge in [0, 0.05) is 25.2 Å². The van der Waals surface area contributed by atoms with E-state index >= 15 is 0 Å². The van der Waals surface area contributed by atoms with E-state index in [-0.39, 0.29) is 11.9 Å². The van der Waals surface area contributed by atoms with Gasteiger partial charge < -0.3 is 14.8 Å². The number of benzene rings is 2. The first-order chi connectivity index (χ1) is 14.7. The molecule has 1 unspecified atom stereocenters. The maximum absolute atomic E-state index is 13.3. The molecule has 0 bridgehead atoms. The number of fused-ring (bicyclic) bond motifs is 2. The van der Waals surface area contributed by atoms with Crippen molar-refractivity contribution in [2.24, 2.45) is 7.05 Å². The fourth-order valence-electron chi connectivity index (χ4n) is 4.32. The average molecular weight is 403 g/mol. The Balaban J connectivity index is 1.44. The van der Waals surface area contributed by atoms with Crippen LogP contribution in [0.5, 0.6) is 11.5 Å². The summed E-state index contributed by atoms with van der Waals surface area (Å²) in [6.45, 7) is 1.26. The second-order valence-corrected chi connectivity index (χ2v) is 7.89. The number of nitrogens with zero attached hydrogens (tertiary/aromatic N) is 2. The summed E-state index contributed by atoms with van der Waals surface area (Å²) in [5.74, 6) is 1.33. The molecule has 0 saturated carbocycles. The summed E-state index contributed by atoms with van der Waals surface area (Å²) in [5.41, 5.74) is 4.60. The molecule has 2 aliphatic rings. The quantitative estimate of drug-likeness (QED) is 0.716. The highest BCUT2D eigenvalue weighted by Crippen LogP contribution is 2.35. The van der Waals surface area contributed by atoms with Crippen molar-refractivity contribution in [1.82, 2.24) is 15.1 Å². The first kappa shape index (κ1) is 18.7. The number of amides is 1. The highest BCUT2D eigenvalue weighted by atomic mass is 16.5. The van der Waals surface area contributed by atoms with Gasteiger partial charge in [-0.2, -0.15) is 5.10 Å². The summed E-state index contributed by atoms with van der Waals surface area (Å²) >= 11 is 0. The van der Waals surface area contributed by atoms with Crippen molar-refractivity contribution in [3.63, 3.8) is 0 Å². The first-order valence-corrected chi connectivity index (χ1v) is 10.5. The van der Waals surface area contributed by atoms with Gasteiger partial charge in [-0.25, -0.2) is 0 Å². The number of hydrogen-bond donors (Lipinski definition) is 1. The molecule has 5 rings (SSSR count). The minimum atomic E-state index is -0.105. The van der Waals surface area contributed by atoms with E-state index in [0.717, 1.165) is 37.0 Å². The molecule has 1 amide bonds. The Labute approximate surface area is 175 Å². The molecule has 1 aliphatic carbocycles. The highest BCUT2D eigenvalue weighted by molar-refractivity contribution is 6.00. The SMILES string of the molecule is Cn1cc(C(=O)NC2CCCc3ccccc32)c(-c2ccc3c(c2)OCCCO3)n1. The third-order valence-corrected chi connectivity index (χ3v) is 5.77. The maximum atomic E-state index is 13.3. The van der Waals surface area contributed by atoms with Crippen LogP contribution in [0.15, 0.2) is 48.7 Å². The molecule has 0 fully saturated rings. The van der Waals surface area contributed by atoms with Crippen molar-refractivity contribution < 1.29 is 14.3 Å². The molecule has 2 aromatic carbocycles. The van der Waals surface area contributed by atoms with Crippen LogP contribution in [0.25, 0.3) is 11.3 Å². The molecule has 3 aromatic rings. The number of ether oxygens (including phenoxy) is 2. The van der Waals surface area contributed by atoms with Crippen LogP contribution in [0.1, 0.15) is 46.8 Å². The van der Waals surface area contributed by atoms with Crippen LogP contribution in [0.3, 0.4) is 0 Å². The zero-order valence-electron chi connectivity index (χ0n) is 17.1. The number of nitrogens with one attached hydrogen (secondary N) is 1. The minimum absolute atomic E-state index is 0.0271. The van der Waals surface area contributed by atoms with Crippen LogP contribution < -0.4 is 14.8 Å². The molecule has 0 radical (unpaired) electrons. The van der Waals surface area contributed by atoms with E-state index in [0.29, 0.717) is 30.2 Å². The van der Waals surface area contributed by atoms with Gasteiger partial charge in [0.05, 0.1) is 24.8 Å². The van der Waals surface area contributed by atoms with Gasteiger partial charge in [-0.15, -0.1) is 0 Å². The van der Waals surface area contributed by atoms with Crippen LogP contribution in [0, 0.1) is 0 Å². The molecule has 1 atom stereocenters. The van der Waals surface area contributed by atoms with Gasteiger partial charge in [0.1, 0.15) is 5.69 Å². The fourth-order valence-corrected chi connectivity index (χ4v) is 4.32. The molecule has 1 N–H and O–H groups in total. The highest BCUT2D eigenvalue weighted by Gasteiger charge is 2.25. The number of carbonyl (C=O) groups is 1. The van der Waals surface area contributed by atoms with E-state index in [4.69, 9.17) is 9.47 Å². The topological polar surface area (TPSA) is 65.4 Å². The molecule has 2 heterocycles. The Kier molecular flexibility index (Phi) is 4.91. The summed E-state index contributed by atoms with van der Waals surface area (Å²) < 4.78 is 13.2. The van der Waals surface area contributed by atoms with E-state index in [9.17, 15) is 4.79 Å². The standard InChI is InChI=1S/C24H25N3O3/c1-27-15-19(24(28)25-20-9-4-7-16-6-2-3-8-18(16)20)23(26-27)17-10-11-21-22(14-17)30-13-5-12-29-21/h2-3,6,8,10-11,14-15,20H,4-5,7,9,12-13H2,1H3,(H,25,28). The predicted molar refractivity (Wildman–Crippen MR) is 114 cm³/mol. The summed E-state index contributed by atoms with van der Waals surface area (Å²) in [6.07, 6.45) is 5.72. The fraction of sp³-hybridized carbons (Fsp3) is 0.333. The summed E-state index contributed by atoms with van der Waals surface area (Å²) in [4.78, 5) is 13.3. The molecular formula is C24H25N3O3. The molecule has 0 spiro atoms. The van der Waals surface area contributed by atoms with Crippen molar-refractivity contribution >= 4 is 5.91 Å². The van der Waals surface area contributed by atoms with E-state index in [1.807, 2.05) is 31.3 Å². The Bertz CT molecular complexity index is 1090. The normalized spacial score (nSPS) is 17.7. The third-order valence-electron chi connectivity index (χ3n) is 5.77. The Hall–Kier alpha value is -3.28. The average Bonchev–Trinajstić information content (AvgIpc) is 3.01. The van der Waals surface area contributed by atoms with Crippen LogP contribution in [0.2, 0.25) is 0 Å². The van der Waals surface area contributed by atoms with Crippen molar-refractivity contribution in [3.05, 3.63) is 65.4 Å². The van der Waals surface area contributed by atoms with Crippen LogP contribution in [0.4, 0.5) is 0 Å². The van der Waals surface area contributed by atoms with Gasteiger partial charge in [-0.1, -0.05) is 24.3 Å². The second kappa shape index (κ2) is 7.86. The zero-order valence-corrected chi connectivity index (χ0v) is 17.1. The monoisotopic (exact) mass is 403 g/mol. The molecule has 30 heavy (non-hydrogen) atoms. The predicted octanol–water partition coefficient (Wildman–Crippen LogP) is 4.06. The lowest BCUT2D eigenvalue weighted by Gasteiger charge is -2.26. The van der Waals surface area contributed by atoms with Crippen LogP contribution >= 0.6 is 0 Å². The molecular weight excluding hydrogens is 378 g/mol. The van der Waals surface area contributed by atoms with Gasteiger partial charge in [0.2, 0.25) is 0 Å². The Morgan fingerprint density at radius 3 is 2.83 bits per heavy atom. The Morgan fingerprint density at radius 1 is 1.10 bits per heavy atom. The Morgan fingerprint density at radius 2 is 1.93 bits per heavy atom. The lowest BCUT2D eigenvalue weighted by atomic mass is 9.87. The first-order valence-electron chi connectivity index (χ1n) is 10.5. The smallest absolute Gasteiger partial charge is 0.255 e. The number of rotatable bonds is 3. The van der Waals surface area contributed by atoms with Gasteiger partial charge in [-0.3, -0.25) is 9.48 Å². The maximum Gasteiger partial charge on any atom is 0.255 e. The van der Waals surface area contributed by atoms with Crippen LogP contribution in [-0.4, -0.2) is 28.9 Å². The van der Waals surface area contributed by atoms with E-state index in [1.54, 1.807) is 10.9 Å². The molecule has 1 aromatic heterocycles. The summed E-state index contributed by atoms with van der Waals surface area (Å²) in [5, 5.41) is 7.81. The largest absolute Gasteiger partial charge is 0.490 e. The molecule has 6 nitrogen and oxygen atoms in total. The number of aromatic nitrogens is 2. The van der Waals surface area contributed by atoms with E-state index < -0.39 is 0 Å². The van der Waals surface area contributed by atoms with Crippen molar-refractivity contribution in [2.45, 2.75) is 31.7 Å². The molecule has 0 saturated heterocycles. The van der Waals surface area contributed by atoms with Gasteiger partial charge in [-0.05, 0) is 48.6 Å². The van der Waals surface area contributed by atoms with E-state index in [1.165, 1.54) is 11.1 Å². The van der Waals surface area contributed by atoms with Gasteiger partial charge >= 0.3 is 0 Å². The summed E-state index contributed by atoms with van der Waals surface area (Å²) in [7, 11) is 1.83. The second-order valence-electron chi connectivity index (χ2n) is 7.89. The number of aryl methyl sites for hydroxylation is 2. The van der Waals surface area contributed by atoms with Gasteiger partial charge in [0.15, 0.2) is 11.5 Å². The van der Waals surface area contributed by atoms with Crippen LogP contribution in [-0.2, 0) is 13.5 Å². The van der Waals surface area contributed by atoms with Crippen molar-refractivity contribution in [3.8, 4) is 22.8 Å². The number of carbonyl (C=O) groups excluding carboxylic acids is 1. The third kappa shape index (κ3) is 3.54. The van der Waals surface area contributed by atoms with Crippen molar-refractivity contribution in [1.29, 1.82) is 0 Å². The summed E-state index contributed by atoms with van der Waals surface area (Å²) in [6, 6.07) is 14.1. The minimum Gasteiger partial charge on any atom is -0.490 e. The molecule has 1 aliphatic heterocycles. The van der Waals surface area contributed by atoms with Gasteiger partial charge in [0.25, 0.3) is 5.91 Å².